The summed E-state index contributed by atoms with van der Waals surface area (Å²) in [6.07, 6.45) is 0. The van der Waals surface area contributed by atoms with Gasteiger partial charge in [-0.3, -0.25) is 4.79 Å². The molecule has 1 saturated heterocycles. The molecule has 0 aliphatic carbocycles. The fraction of sp³-hybridized carbons (Fsp3) is 0.467. The first kappa shape index (κ1) is 14.7. The molecule has 1 aliphatic heterocycles. The zero-order valence-electron chi connectivity index (χ0n) is 12.5. The Kier molecular flexibility index (Phi) is 4.10. The van der Waals surface area contributed by atoms with E-state index in [0.29, 0.717) is 0 Å². The minimum absolute atomic E-state index is 0.132. The van der Waals surface area contributed by atoms with E-state index in [0.717, 1.165) is 40.8 Å². The van der Waals surface area contributed by atoms with Crippen molar-refractivity contribution in [3.05, 3.63) is 27.4 Å². The normalized spacial score (nSPS) is 20.0. The largest absolute Gasteiger partial charge is 0.333 e. The van der Waals surface area contributed by atoms with Crippen LogP contribution < -0.4 is 0 Å². The molecule has 2 aromatic rings. The van der Waals surface area contributed by atoms with Gasteiger partial charge in [0, 0.05) is 36.6 Å². The van der Waals surface area contributed by atoms with Crippen molar-refractivity contribution in [2.75, 3.05) is 26.7 Å². The van der Waals surface area contributed by atoms with Crippen molar-refractivity contribution >= 4 is 28.6 Å². The Balaban J connectivity index is 1.85. The monoisotopic (exact) mass is 321 g/mol. The first-order valence-corrected chi connectivity index (χ1v) is 8.81. The first-order chi connectivity index (χ1) is 10.1. The van der Waals surface area contributed by atoms with E-state index in [2.05, 4.69) is 35.3 Å². The van der Waals surface area contributed by atoms with Crippen molar-refractivity contribution < 1.29 is 4.79 Å². The summed E-state index contributed by atoms with van der Waals surface area (Å²) < 4.78 is 0. The van der Waals surface area contributed by atoms with Gasteiger partial charge in [-0.2, -0.15) is 11.3 Å². The summed E-state index contributed by atoms with van der Waals surface area (Å²) in [6, 6.07) is 2.30. The highest BCUT2D eigenvalue weighted by molar-refractivity contribution is 7.17. The molecular weight excluding hydrogens is 302 g/mol. The van der Waals surface area contributed by atoms with E-state index in [9.17, 15) is 4.79 Å². The van der Waals surface area contributed by atoms with Gasteiger partial charge in [-0.05, 0) is 32.3 Å². The summed E-state index contributed by atoms with van der Waals surface area (Å²) >= 11 is 3.16. The van der Waals surface area contributed by atoms with Gasteiger partial charge >= 0.3 is 0 Å². The Bertz CT molecular complexity index is 635. The number of aromatic nitrogens is 1. The second-order valence-corrected chi connectivity index (χ2v) is 7.33. The molecule has 0 N–H and O–H groups in total. The van der Waals surface area contributed by atoms with Crippen LogP contribution in [0.1, 0.15) is 22.3 Å². The zero-order chi connectivity index (χ0) is 15.0. The minimum Gasteiger partial charge on any atom is -0.333 e. The number of aryl methyl sites for hydroxylation is 1. The lowest BCUT2D eigenvalue weighted by atomic mass is 10.2. The Morgan fingerprint density at radius 1 is 1.43 bits per heavy atom. The van der Waals surface area contributed by atoms with Crippen LogP contribution in [0.15, 0.2) is 16.8 Å². The lowest BCUT2D eigenvalue weighted by molar-refractivity contribution is 0.0537. The van der Waals surface area contributed by atoms with Crippen LogP contribution in [0.5, 0.6) is 0 Å². The molecule has 0 aromatic carbocycles. The molecule has 1 atom stereocenters. The molecule has 0 saturated carbocycles. The minimum atomic E-state index is 0.132. The van der Waals surface area contributed by atoms with Crippen molar-refractivity contribution in [3.63, 3.8) is 0 Å². The number of amides is 1. The predicted octanol–water partition coefficient (Wildman–Crippen LogP) is 2.96. The highest BCUT2D eigenvalue weighted by atomic mass is 32.1. The van der Waals surface area contributed by atoms with Gasteiger partial charge in [0.1, 0.15) is 9.88 Å². The summed E-state index contributed by atoms with van der Waals surface area (Å²) in [6.45, 7) is 6.71. The van der Waals surface area contributed by atoms with Gasteiger partial charge < -0.3 is 9.80 Å². The third kappa shape index (κ3) is 2.88. The molecule has 6 heteroatoms. The molecule has 0 unspecified atom stereocenters. The maximum absolute atomic E-state index is 12.8. The summed E-state index contributed by atoms with van der Waals surface area (Å²) in [4.78, 5) is 22.4. The average molecular weight is 321 g/mol. The third-order valence-electron chi connectivity index (χ3n) is 3.85. The Morgan fingerprint density at radius 3 is 2.90 bits per heavy atom. The van der Waals surface area contributed by atoms with Gasteiger partial charge in [-0.25, -0.2) is 4.98 Å². The van der Waals surface area contributed by atoms with Crippen LogP contribution in [0, 0.1) is 6.92 Å². The number of thiazole rings is 1. The summed E-state index contributed by atoms with van der Waals surface area (Å²) in [5.74, 6) is 0.132. The van der Waals surface area contributed by atoms with Crippen LogP contribution in [0.25, 0.3) is 10.6 Å². The molecule has 4 nitrogen and oxygen atoms in total. The highest BCUT2D eigenvalue weighted by Crippen LogP contribution is 2.30. The van der Waals surface area contributed by atoms with Crippen molar-refractivity contribution in [1.82, 2.24) is 14.8 Å². The molecule has 3 heterocycles. The van der Waals surface area contributed by atoms with Gasteiger partial charge in [0.2, 0.25) is 0 Å². The van der Waals surface area contributed by atoms with E-state index in [1.807, 2.05) is 17.2 Å². The van der Waals surface area contributed by atoms with Crippen LogP contribution in [0.3, 0.4) is 0 Å². The first-order valence-electron chi connectivity index (χ1n) is 7.05. The topological polar surface area (TPSA) is 36.4 Å². The highest BCUT2D eigenvalue weighted by Gasteiger charge is 2.29. The van der Waals surface area contributed by atoms with Crippen LogP contribution in [0.2, 0.25) is 0 Å². The Morgan fingerprint density at radius 2 is 2.24 bits per heavy atom. The van der Waals surface area contributed by atoms with E-state index in [4.69, 9.17) is 0 Å². The number of nitrogens with zero attached hydrogens (tertiary/aromatic N) is 3. The fourth-order valence-corrected chi connectivity index (χ4v) is 4.41. The number of hydrogen-bond donors (Lipinski definition) is 0. The van der Waals surface area contributed by atoms with E-state index in [1.165, 1.54) is 11.3 Å². The molecule has 112 valence electrons. The van der Waals surface area contributed by atoms with E-state index in [1.54, 1.807) is 11.3 Å². The fourth-order valence-electron chi connectivity index (χ4n) is 2.68. The van der Waals surface area contributed by atoms with Crippen molar-refractivity contribution in [1.29, 1.82) is 0 Å². The molecule has 1 aliphatic rings. The van der Waals surface area contributed by atoms with Crippen LogP contribution >= 0.6 is 22.7 Å². The van der Waals surface area contributed by atoms with Crippen molar-refractivity contribution in [3.8, 4) is 10.6 Å². The molecule has 21 heavy (non-hydrogen) atoms. The van der Waals surface area contributed by atoms with Crippen LogP contribution in [-0.4, -0.2) is 53.4 Å². The number of likely N-dealkylation sites (N-methyl/N-ethyl adjacent to an activating group) is 1. The van der Waals surface area contributed by atoms with Crippen LogP contribution in [0.4, 0.5) is 0 Å². The van der Waals surface area contributed by atoms with E-state index < -0.39 is 0 Å². The molecule has 1 amide bonds. The summed E-state index contributed by atoms with van der Waals surface area (Å²) in [5, 5.41) is 5.06. The van der Waals surface area contributed by atoms with Gasteiger partial charge in [0.15, 0.2) is 0 Å². The van der Waals surface area contributed by atoms with Crippen LogP contribution in [-0.2, 0) is 0 Å². The van der Waals surface area contributed by atoms with Gasteiger partial charge in [-0.15, -0.1) is 11.3 Å². The molecule has 2 aromatic heterocycles. The Hall–Kier alpha value is -1.24. The van der Waals surface area contributed by atoms with E-state index >= 15 is 0 Å². The quantitative estimate of drug-likeness (QED) is 0.853. The molecule has 0 radical (unpaired) electrons. The number of carbonyl (C=O) groups is 1. The number of thiophene rings is 1. The molecule has 1 fully saturated rings. The molecule has 0 bridgehead atoms. The number of piperazine rings is 1. The lowest BCUT2D eigenvalue weighted by Gasteiger charge is -2.38. The summed E-state index contributed by atoms with van der Waals surface area (Å²) in [5.41, 5.74) is 1.95. The lowest BCUT2D eigenvalue weighted by Crippen LogP contribution is -2.52. The van der Waals surface area contributed by atoms with Crippen molar-refractivity contribution in [2.24, 2.45) is 0 Å². The predicted molar refractivity (Wildman–Crippen MR) is 88.2 cm³/mol. The number of hydrogen-bond acceptors (Lipinski definition) is 5. The summed E-state index contributed by atoms with van der Waals surface area (Å²) in [7, 11) is 2.10. The maximum atomic E-state index is 12.8. The molecule has 0 spiro atoms. The SMILES string of the molecule is Cc1nc(-c2ccsc2)sc1C(=O)N1CCN(C)C[C@@H]1C. The second-order valence-electron chi connectivity index (χ2n) is 5.56. The number of rotatable bonds is 2. The average Bonchev–Trinajstić information content (AvgIpc) is 3.07. The second kappa shape index (κ2) is 5.87. The van der Waals surface area contributed by atoms with Gasteiger partial charge in [0.05, 0.1) is 5.69 Å². The van der Waals surface area contributed by atoms with Crippen molar-refractivity contribution in [2.45, 2.75) is 19.9 Å². The van der Waals surface area contributed by atoms with Gasteiger partial charge in [-0.1, -0.05) is 0 Å². The smallest absolute Gasteiger partial charge is 0.266 e. The maximum Gasteiger partial charge on any atom is 0.266 e. The molecule has 3 rings (SSSR count). The third-order valence-corrected chi connectivity index (χ3v) is 5.73. The Labute approximate surface area is 133 Å². The zero-order valence-corrected chi connectivity index (χ0v) is 14.1. The molecular formula is C15H19N3OS2. The van der Waals surface area contributed by atoms with Gasteiger partial charge in [0.25, 0.3) is 5.91 Å². The van der Waals surface area contributed by atoms with E-state index in [-0.39, 0.29) is 11.9 Å². The number of carbonyl (C=O) groups excluding carboxylic acids is 1. The standard InChI is InChI=1S/C15H19N3OS2/c1-10-8-17(3)5-6-18(10)15(19)13-11(2)16-14(21-13)12-4-7-20-9-12/h4,7,9-10H,5-6,8H2,1-3H3/t10-/m0/s1.